The molecule has 1 aromatic heterocycles. The number of aromatic nitrogens is 2. The van der Waals surface area contributed by atoms with E-state index in [4.69, 9.17) is 4.74 Å². The normalized spacial score (nSPS) is 11.0. The van der Waals surface area contributed by atoms with E-state index in [2.05, 4.69) is 10.4 Å². The van der Waals surface area contributed by atoms with Gasteiger partial charge in [-0.1, -0.05) is 30.3 Å². The first-order valence-electron chi connectivity index (χ1n) is 9.17. The van der Waals surface area contributed by atoms with Crippen LogP contribution in [0.15, 0.2) is 60.8 Å². The van der Waals surface area contributed by atoms with E-state index in [1.54, 1.807) is 12.1 Å². The second-order valence-electron chi connectivity index (χ2n) is 6.69. The van der Waals surface area contributed by atoms with E-state index in [1.165, 1.54) is 12.3 Å². The van der Waals surface area contributed by atoms with Gasteiger partial charge in [0.25, 0.3) is 5.91 Å². The smallest absolute Gasteiger partial charge is 0.263 e. The maximum atomic E-state index is 13.8. The van der Waals surface area contributed by atoms with Crippen LogP contribution in [0.2, 0.25) is 0 Å². The van der Waals surface area contributed by atoms with Crippen LogP contribution in [0.5, 0.6) is 5.75 Å². The molecule has 9 heteroatoms. The molecular formula is C22H15F4N3O2. The van der Waals surface area contributed by atoms with E-state index in [9.17, 15) is 22.4 Å². The Morgan fingerprint density at radius 3 is 2.39 bits per heavy atom. The van der Waals surface area contributed by atoms with Gasteiger partial charge in [-0.2, -0.15) is 5.10 Å². The first kappa shape index (κ1) is 20.4. The zero-order valence-electron chi connectivity index (χ0n) is 15.9. The summed E-state index contributed by atoms with van der Waals surface area (Å²) in [6, 6.07) is 14.6. The molecule has 1 heterocycles. The average molecular weight is 429 g/mol. The van der Waals surface area contributed by atoms with E-state index in [-0.39, 0.29) is 18.5 Å². The van der Waals surface area contributed by atoms with Crippen LogP contribution in [-0.4, -0.2) is 22.3 Å². The number of carbonyl (C=O) groups is 1. The van der Waals surface area contributed by atoms with Gasteiger partial charge in [0.1, 0.15) is 5.75 Å². The minimum atomic E-state index is -1.50. The molecular weight excluding hydrogens is 414 g/mol. The lowest BCUT2D eigenvalue weighted by atomic mass is 10.1. The second-order valence-corrected chi connectivity index (χ2v) is 6.69. The maximum absolute atomic E-state index is 13.8. The van der Waals surface area contributed by atoms with Crippen LogP contribution in [0.25, 0.3) is 10.8 Å². The fraction of sp³-hybridized carbons (Fsp3) is 0.0909. The highest BCUT2D eigenvalue weighted by Crippen LogP contribution is 2.21. The Hall–Kier alpha value is -3.88. The van der Waals surface area contributed by atoms with Gasteiger partial charge >= 0.3 is 0 Å². The summed E-state index contributed by atoms with van der Waals surface area (Å²) >= 11 is 0. The van der Waals surface area contributed by atoms with Crippen molar-refractivity contribution in [2.24, 2.45) is 0 Å². The lowest BCUT2D eigenvalue weighted by Crippen LogP contribution is -2.20. The summed E-state index contributed by atoms with van der Waals surface area (Å²) in [6.07, 6.45) is 1.31. The minimum Gasteiger partial charge on any atom is -0.484 e. The van der Waals surface area contributed by atoms with E-state index in [0.29, 0.717) is 5.75 Å². The Morgan fingerprint density at radius 2 is 1.65 bits per heavy atom. The van der Waals surface area contributed by atoms with Crippen LogP contribution in [0, 0.1) is 23.3 Å². The predicted molar refractivity (Wildman–Crippen MR) is 106 cm³/mol. The molecule has 0 atom stereocenters. The topological polar surface area (TPSA) is 56.1 Å². The van der Waals surface area contributed by atoms with Gasteiger partial charge in [-0.05, 0) is 22.9 Å². The summed E-state index contributed by atoms with van der Waals surface area (Å²) in [5.74, 6) is -5.90. The van der Waals surface area contributed by atoms with Crippen molar-refractivity contribution in [3.63, 3.8) is 0 Å². The summed E-state index contributed by atoms with van der Waals surface area (Å²) in [7, 11) is 0. The monoisotopic (exact) mass is 429 g/mol. The molecule has 0 saturated heterocycles. The fourth-order valence-electron chi connectivity index (χ4n) is 3.02. The van der Waals surface area contributed by atoms with Crippen molar-refractivity contribution < 1.29 is 27.1 Å². The number of carbonyl (C=O) groups excluding carboxylic acids is 1. The first-order chi connectivity index (χ1) is 14.9. The fourth-order valence-corrected chi connectivity index (χ4v) is 3.02. The summed E-state index contributed by atoms with van der Waals surface area (Å²) in [6.45, 7) is -0.848. The Kier molecular flexibility index (Phi) is 5.57. The standard InChI is InChI=1S/C22H15F4N3O2/c23-17-10-18(24)22(26)16(21(17)25)11-29-8-7-19(28-29)27-20(30)12-31-15-6-5-13-3-1-2-4-14(13)9-15/h1-10H,11-12H2,(H,27,28,30). The molecule has 31 heavy (non-hydrogen) atoms. The molecule has 4 aromatic rings. The molecule has 4 rings (SSSR count). The van der Waals surface area contributed by atoms with Gasteiger partial charge in [0, 0.05) is 18.3 Å². The van der Waals surface area contributed by atoms with Gasteiger partial charge in [-0.3, -0.25) is 9.48 Å². The molecule has 0 unspecified atom stereocenters. The Labute approximate surface area is 173 Å². The Bertz CT molecular complexity index is 1250. The molecule has 3 aromatic carbocycles. The molecule has 0 bridgehead atoms. The van der Waals surface area contributed by atoms with Gasteiger partial charge in [0.2, 0.25) is 0 Å². The lowest BCUT2D eigenvalue weighted by molar-refractivity contribution is -0.118. The third-order valence-electron chi connectivity index (χ3n) is 4.52. The highest BCUT2D eigenvalue weighted by Gasteiger charge is 2.19. The molecule has 0 aliphatic carbocycles. The molecule has 0 radical (unpaired) electrons. The summed E-state index contributed by atoms with van der Waals surface area (Å²) in [5, 5.41) is 8.41. The van der Waals surface area contributed by atoms with Gasteiger partial charge in [0.15, 0.2) is 35.7 Å². The zero-order chi connectivity index (χ0) is 22.0. The zero-order valence-corrected chi connectivity index (χ0v) is 15.9. The number of nitrogens with zero attached hydrogens (tertiary/aromatic N) is 2. The number of nitrogens with one attached hydrogen (secondary N) is 1. The van der Waals surface area contributed by atoms with Crippen molar-refractivity contribution in [3.05, 3.63) is 89.6 Å². The van der Waals surface area contributed by atoms with E-state index in [0.717, 1.165) is 15.5 Å². The number of fused-ring (bicyclic) bond motifs is 1. The SMILES string of the molecule is O=C(COc1ccc2ccccc2c1)Nc1ccn(Cc2c(F)c(F)cc(F)c2F)n1. The number of anilines is 1. The van der Waals surface area contributed by atoms with Crippen LogP contribution < -0.4 is 10.1 Å². The molecule has 0 spiro atoms. The largest absolute Gasteiger partial charge is 0.484 e. The Morgan fingerprint density at radius 1 is 0.935 bits per heavy atom. The molecule has 1 amide bonds. The number of rotatable bonds is 6. The van der Waals surface area contributed by atoms with Gasteiger partial charge in [0.05, 0.1) is 12.1 Å². The van der Waals surface area contributed by atoms with E-state index >= 15 is 0 Å². The minimum absolute atomic E-state index is 0.0878. The second kappa shape index (κ2) is 8.47. The molecule has 158 valence electrons. The highest BCUT2D eigenvalue weighted by atomic mass is 19.2. The number of halogens is 4. The third-order valence-corrected chi connectivity index (χ3v) is 4.52. The van der Waals surface area contributed by atoms with Gasteiger partial charge < -0.3 is 10.1 Å². The first-order valence-corrected chi connectivity index (χ1v) is 9.17. The maximum Gasteiger partial charge on any atom is 0.263 e. The van der Waals surface area contributed by atoms with Crippen molar-refractivity contribution >= 4 is 22.5 Å². The molecule has 0 aliphatic heterocycles. The number of benzene rings is 3. The van der Waals surface area contributed by atoms with Crippen LogP contribution >= 0.6 is 0 Å². The number of amides is 1. The molecule has 1 N–H and O–H groups in total. The summed E-state index contributed by atoms with van der Waals surface area (Å²) in [4.78, 5) is 12.1. The third kappa shape index (κ3) is 4.50. The van der Waals surface area contributed by atoms with Crippen molar-refractivity contribution in [2.75, 3.05) is 11.9 Å². The lowest BCUT2D eigenvalue weighted by Gasteiger charge is -2.08. The summed E-state index contributed by atoms with van der Waals surface area (Å²) < 4.78 is 60.8. The van der Waals surface area contributed by atoms with Crippen LogP contribution in [0.3, 0.4) is 0 Å². The molecule has 0 fully saturated rings. The molecule has 5 nitrogen and oxygen atoms in total. The van der Waals surface area contributed by atoms with Crippen molar-refractivity contribution in [2.45, 2.75) is 6.54 Å². The quantitative estimate of drug-likeness (QED) is 0.358. The summed E-state index contributed by atoms with van der Waals surface area (Å²) in [5.41, 5.74) is -0.807. The molecule has 0 aliphatic rings. The predicted octanol–water partition coefficient (Wildman–Crippen LogP) is 4.66. The number of ether oxygens (including phenoxy) is 1. The number of hydrogen-bond acceptors (Lipinski definition) is 3. The van der Waals surface area contributed by atoms with Crippen LogP contribution in [0.4, 0.5) is 23.4 Å². The van der Waals surface area contributed by atoms with Crippen LogP contribution in [-0.2, 0) is 11.3 Å². The van der Waals surface area contributed by atoms with Crippen LogP contribution in [0.1, 0.15) is 5.56 Å². The van der Waals surface area contributed by atoms with Gasteiger partial charge in [-0.25, -0.2) is 17.6 Å². The molecule has 0 saturated carbocycles. The van der Waals surface area contributed by atoms with E-state index in [1.807, 2.05) is 30.3 Å². The van der Waals surface area contributed by atoms with Crippen molar-refractivity contribution in [1.29, 1.82) is 0 Å². The average Bonchev–Trinajstić information content (AvgIpc) is 3.20. The Balaban J connectivity index is 1.38. The van der Waals surface area contributed by atoms with E-state index < -0.39 is 41.3 Å². The van der Waals surface area contributed by atoms with Gasteiger partial charge in [-0.15, -0.1) is 0 Å². The number of hydrogen-bond donors (Lipinski definition) is 1. The van der Waals surface area contributed by atoms with Crippen molar-refractivity contribution in [3.8, 4) is 5.75 Å². The van der Waals surface area contributed by atoms with Crippen molar-refractivity contribution in [1.82, 2.24) is 9.78 Å². The highest BCUT2D eigenvalue weighted by molar-refractivity contribution is 5.91.